The van der Waals surface area contributed by atoms with Gasteiger partial charge in [0.05, 0.1) is 10.6 Å². The second-order valence-electron chi connectivity index (χ2n) is 4.38. The number of hydrogen-bond donors (Lipinski definition) is 2. The maximum absolute atomic E-state index is 11.3. The molecule has 1 aromatic carbocycles. The van der Waals surface area contributed by atoms with E-state index in [-0.39, 0.29) is 23.2 Å². The Hall–Kier alpha value is -0.960. The number of rotatable bonds is 6. The fourth-order valence-electron chi connectivity index (χ4n) is 1.54. The van der Waals surface area contributed by atoms with Crippen LogP contribution in [0.5, 0.6) is 0 Å². The lowest BCUT2D eigenvalue weighted by Gasteiger charge is -2.14. The van der Waals surface area contributed by atoms with E-state index in [1.807, 2.05) is 6.92 Å². The van der Waals surface area contributed by atoms with Crippen LogP contribution in [0.15, 0.2) is 29.2 Å². The number of primary sulfonamides is 1. The monoisotopic (exact) mass is 306 g/mol. The molecular formula is C11H18N2O4S2. The maximum Gasteiger partial charge on any atom is 0.210 e. The smallest absolute Gasteiger partial charge is 0.210 e. The summed E-state index contributed by atoms with van der Waals surface area (Å²) >= 11 is 0. The number of hydrogen-bond acceptors (Lipinski definition) is 5. The highest BCUT2D eigenvalue weighted by atomic mass is 32.2. The van der Waals surface area contributed by atoms with Crippen LogP contribution in [-0.4, -0.2) is 35.4 Å². The van der Waals surface area contributed by atoms with Crippen molar-refractivity contribution >= 4 is 19.9 Å². The Balaban J connectivity index is 2.66. The van der Waals surface area contributed by atoms with Crippen LogP contribution >= 0.6 is 0 Å². The van der Waals surface area contributed by atoms with Crippen LogP contribution in [0.4, 0.5) is 0 Å². The lowest BCUT2D eigenvalue weighted by atomic mass is 10.1. The topological polar surface area (TPSA) is 106 Å². The molecule has 0 amide bonds. The van der Waals surface area contributed by atoms with Gasteiger partial charge in [-0.3, -0.25) is 0 Å². The zero-order chi connectivity index (χ0) is 14.7. The molecule has 0 aliphatic carbocycles. The maximum atomic E-state index is 11.3. The summed E-state index contributed by atoms with van der Waals surface area (Å²) in [6.07, 6.45) is 1.15. The second kappa shape index (κ2) is 6.00. The summed E-state index contributed by atoms with van der Waals surface area (Å²) in [5.74, 6) is -0.140. The first-order valence-electron chi connectivity index (χ1n) is 5.63. The standard InChI is InChI=1S/C11H18N2O4S2/c1-9(13-7-8-19(12,16)17)10-3-5-11(6-4-10)18(2,14)15/h3-6,9,13H,7-8H2,1-2H3,(H2,12,16,17). The lowest BCUT2D eigenvalue weighted by Crippen LogP contribution is -2.28. The zero-order valence-corrected chi connectivity index (χ0v) is 12.5. The highest BCUT2D eigenvalue weighted by Gasteiger charge is 2.10. The summed E-state index contributed by atoms with van der Waals surface area (Å²) in [5.41, 5.74) is 0.877. The molecule has 3 N–H and O–H groups in total. The molecule has 0 heterocycles. The second-order valence-corrected chi connectivity index (χ2v) is 8.13. The van der Waals surface area contributed by atoms with E-state index in [4.69, 9.17) is 5.14 Å². The van der Waals surface area contributed by atoms with E-state index in [2.05, 4.69) is 5.32 Å². The summed E-state index contributed by atoms with van der Waals surface area (Å²) in [6, 6.07) is 6.37. The van der Waals surface area contributed by atoms with Gasteiger partial charge in [-0.1, -0.05) is 12.1 Å². The van der Waals surface area contributed by atoms with Crippen molar-refractivity contribution < 1.29 is 16.8 Å². The van der Waals surface area contributed by atoms with Crippen molar-refractivity contribution in [3.63, 3.8) is 0 Å². The normalized spacial score (nSPS) is 14.3. The van der Waals surface area contributed by atoms with E-state index in [9.17, 15) is 16.8 Å². The Labute approximate surface area is 114 Å². The van der Waals surface area contributed by atoms with Crippen LogP contribution in [0, 0.1) is 0 Å². The van der Waals surface area contributed by atoms with Gasteiger partial charge >= 0.3 is 0 Å². The van der Waals surface area contributed by atoms with E-state index >= 15 is 0 Å². The fraction of sp³-hybridized carbons (Fsp3) is 0.455. The Bertz CT molecular complexity index is 621. The quantitative estimate of drug-likeness (QED) is 0.771. The van der Waals surface area contributed by atoms with Gasteiger partial charge in [-0.05, 0) is 24.6 Å². The van der Waals surface area contributed by atoms with Crippen molar-refractivity contribution in [3.8, 4) is 0 Å². The average molecular weight is 306 g/mol. The van der Waals surface area contributed by atoms with E-state index in [1.54, 1.807) is 12.1 Å². The van der Waals surface area contributed by atoms with Gasteiger partial charge in [-0.2, -0.15) is 0 Å². The third-order valence-electron chi connectivity index (χ3n) is 2.65. The zero-order valence-electron chi connectivity index (χ0n) is 10.8. The van der Waals surface area contributed by atoms with Crippen LogP contribution in [0.3, 0.4) is 0 Å². The lowest BCUT2D eigenvalue weighted by molar-refractivity contribution is 0.572. The SMILES string of the molecule is CC(NCCS(N)(=O)=O)c1ccc(S(C)(=O)=O)cc1. The molecule has 0 aliphatic heterocycles. The summed E-state index contributed by atoms with van der Waals surface area (Å²) < 4.78 is 44.2. The molecule has 0 aliphatic rings. The highest BCUT2D eigenvalue weighted by molar-refractivity contribution is 7.90. The molecular weight excluding hydrogens is 288 g/mol. The first kappa shape index (κ1) is 16.1. The first-order valence-corrected chi connectivity index (χ1v) is 9.24. The molecule has 0 saturated heterocycles. The molecule has 1 atom stereocenters. The van der Waals surface area contributed by atoms with Crippen molar-refractivity contribution in [1.82, 2.24) is 5.32 Å². The minimum Gasteiger partial charge on any atom is -0.309 e. The van der Waals surface area contributed by atoms with Gasteiger partial charge in [-0.25, -0.2) is 22.0 Å². The van der Waals surface area contributed by atoms with Crippen LogP contribution in [0.1, 0.15) is 18.5 Å². The van der Waals surface area contributed by atoms with Gasteiger partial charge < -0.3 is 5.32 Å². The van der Waals surface area contributed by atoms with Gasteiger partial charge in [0.1, 0.15) is 0 Å². The Morgan fingerprint density at radius 3 is 2.11 bits per heavy atom. The van der Waals surface area contributed by atoms with Crippen molar-refractivity contribution in [1.29, 1.82) is 0 Å². The third kappa shape index (κ3) is 5.68. The molecule has 0 saturated carbocycles. The van der Waals surface area contributed by atoms with Gasteiger partial charge in [0.2, 0.25) is 10.0 Å². The molecule has 1 aromatic rings. The fourth-order valence-corrected chi connectivity index (χ4v) is 2.57. The summed E-state index contributed by atoms with van der Waals surface area (Å²) in [5, 5.41) is 7.90. The van der Waals surface area contributed by atoms with Crippen molar-refractivity contribution in [3.05, 3.63) is 29.8 Å². The third-order valence-corrected chi connectivity index (χ3v) is 4.55. The van der Waals surface area contributed by atoms with E-state index < -0.39 is 19.9 Å². The number of sulfonamides is 1. The molecule has 0 fully saturated rings. The minimum absolute atomic E-state index is 0.0876. The molecule has 1 unspecified atom stereocenters. The minimum atomic E-state index is -3.47. The predicted molar refractivity (Wildman–Crippen MR) is 73.9 cm³/mol. The van der Waals surface area contributed by atoms with Crippen molar-refractivity contribution in [2.75, 3.05) is 18.6 Å². The Morgan fingerprint density at radius 2 is 1.68 bits per heavy atom. The summed E-state index contributed by atoms with van der Waals surface area (Å²) in [6.45, 7) is 2.10. The number of benzene rings is 1. The molecule has 1 rings (SSSR count). The van der Waals surface area contributed by atoms with Crippen LogP contribution in [0.25, 0.3) is 0 Å². The molecule has 0 bridgehead atoms. The van der Waals surface area contributed by atoms with Crippen LogP contribution in [0.2, 0.25) is 0 Å². The summed E-state index contributed by atoms with van der Waals surface area (Å²) in [7, 11) is -6.67. The molecule has 8 heteroatoms. The van der Waals surface area contributed by atoms with Gasteiger partial charge in [-0.15, -0.1) is 0 Å². The molecule has 0 aromatic heterocycles. The largest absolute Gasteiger partial charge is 0.309 e. The molecule has 108 valence electrons. The van der Waals surface area contributed by atoms with Crippen LogP contribution in [-0.2, 0) is 19.9 Å². The average Bonchev–Trinajstić information content (AvgIpc) is 2.26. The van der Waals surface area contributed by atoms with Crippen molar-refractivity contribution in [2.45, 2.75) is 17.9 Å². The van der Waals surface area contributed by atoms with Crippen LogP contribution < -0.4 is 10.5 Å². The summed E-state index contributed by atoms with van der Waals surface area (Å²) in [4.78, 5) is 0.257. The molecule has 0 radical (unpaired) electrons. The molecule has 6 nitrogen and oxygen atoms in total. The van der Waals surface area contributed by atoms with E-state index in [0.29, 0.717) is 0 Å². The highest BCUT2D eigenvalue weighted by Crippen LogP contribution is 2.15. The Kier molecular flexibility index (Phi) is 5.08. The number of nitrogens with one attached hydrogen (secondary N) is 1. The van der Waals surface area contributed by atoms with Gasteiger partial charge in [0, 0.05) is 18.8 Å². The van der Waals surface area contributed by atoms with E-state index in [0.717, 1.165) is 11.8 Å². The molecule has 19 heavy (non-hydrogen) atoms. The number of nitrogens with two attached hydrogens (primary N) is 1. The predicted octanol–water partition coefficient (Wildman–Crippen LogP) is 0.0292. The first-order chi connectivity index (χ1) is 8.59. The number of sulfone groups is 1. The van der Waals surface area contributed by atoms with Gasteiger partial charge in [0.25, 0.3) is 0 Å². The molecule has 0 spiro atoms. The van der Waals surface area contributed by atoms with Crippen molar-refractivity contribution in [2.24, 2.45) is 5.14 Å². The Morgan fingerprint density at radius 1 is 1.16 bits per heavy atom. The van der Waals surface area contributed by atoms with E-state index in [1.165, 1.54) is 12.1 Å². The van der Waals surface area contributed by atoms with Gasteiger partial charge in [0.15, 0.2) is 9.84 Å².